The fourth-order valence-electron chi connectivity index (χ4n) is 7.94. The van der Waals surface area contributed by atoms with Crippen LogP contribution < -0.4 is 14.7 Å². The van der Waals surface area contributed by atoms with Crippen LogP contribution in [0.3, 0.4) is 0 Å². The molecule has 4 heteroatoms. The van der Waals surface area contributed by atoms with E-state index >= 15 is 0 Å². The predicted octanol–water partition coefficient (Wildman–Crippen LogP) is 16.1. The van der Waals surface area contributed by atoms with Gasteiger partial charge in [-0.1, -0.05) is 133 Å². The quantitative estimate of drug-likeness (QED) is 0.137. The number of benzene rings is 9. The van der Waals surface area contributed by atoms with Crippen molar-refractivity contribution in [3.63, 3.8) is 0 Å². The highest BCUT2D eigenvalue weighted by Crippen LogP contribution is 2.49. The van der Waals surface area contributed by atoms with Crippen molar-refractivity contribution in [1.29, 1.82) is 0 Å². The van der Waals surface area contributed by atoms with Crippen LogP contribution in [0.5, 0.6) is 0 Å². The smallest absolute Gasteiger partial charge is 0.0575 e. The molecule has 0 unspecified atom stereocenters. The third kappa shape index (κ3) is 6.76. The Balaban J connectivity index is 1.14. The summed E-state index contributed by atoms with van der Waals surface area (Å²) in [6, 6.07) is 84.6. The highest BCUT2D eigenvalue weighted by molar-refractivity contribution is 7.26. The molecule has 10 rings (SSSR count). The summed E-state index contributed by atoms with van der Waals surface area (Å²) in [5.41, 5.74) is 12.4. The number of hydrogen-bond donors (Lipinski definition) is 0. The van der Waals surface area contributed by atoms with Gasteiger partial charge in [-0.25, -0.2) is 0 Å². The molecule has 0 spiro atoms. The van der Waals surface area contributed by atoms with E-state index in [1.807, 2.05) is 11.3 Å². The highest BCUT2D eigenvalue weighted by Gasteiger charge is 2.23. The second-order valence-electron chi connectivity index (χ2n) is 14.2. The summed E-state index contributed by atoms with van der Waals surface area (Å²) in [5.74, 6) is 0. The van der Waals surface area contributed by atoms with E-state index in [-0.39, 0.29) is 0 Å². The summed E-state index contributed by atoms with van der Waals surface area (Å²) < 4.78 is 2.47. The first-order valence-electron chi connectivity index (χ1n) is 19.6. The SMILES string of the molecule is c1ccc(N(c2ccccc2)c2ccc(-c3ccc4c(c3)sc3cc(N(c5ccccc5)c5ccccc5)cc(N(c5ccccc5)c5ccccc5)c34)cc2)cc1. The van der Waals surface area contributed by atoms with Crippen LogP contribution in [0.4, 0.5) is 51.2 Å². The molecular formula is C54H39N3S. The molecule has 0 saturated heterocycles. The molecular weight excluding hydrogens is 723 g/mol. The zero-order valence-corrected chi connectivity index (χ0v) is 32.6. The topological polar surface area (TPSA) is 9.72 Å². The molecule has 1 heterocycles. The van der Waals surface area contributed by atoms with Crippen LogP contribution in [-0.4, -0.2) is 0 Å². The summed E-state index contributed by atoms with van der Waals surface area (Å²) in [5, 5.41) is 2.48. The molecule has 0 N–H and O–H groups in total. The van der Waals surface area contributed by atoms with Gasteiger partial charge in [0.15, 0.2) is 0 Å². The maximum absolute atomic E-state index is 2.41. The van der Waals surface area contributed by atoms with Crippen LogP contribution in [0.1, 0.15) is 0 Å². The zero-order chi connectivity index (χ0) is 38.7. The number of thiophene rings is 1. The fourth-order valence-corrected chi connectivity index (χ4v) is 9.14. The third-order valence-corrected chi connectivity index (χ3v) is 11.7. The summed E-state index contributed by atoms with van der Waals surface area (Å²) in [7, 11) is 0. The minimum absolute atomic E-state index is 1.10. The van der Waals surface area contributed by atoms with Crippen molar-refractivity contribution in [2.24, 2.45) is 0 Å². The van der Waals surface area contributed by atoms with Crippen molar-refractivity contribution in [1.82, 2.24) is 0 Å². The van der Waals surface area contributed by atoms with Gasteiger partial charge in [-0.05, 0) is 114 Å². The lowest BCUT2D eigenvalue weighted by atomic mass is 10.0. The highest BCUT2D eigenvalue weighted by atomic mass is 32.1. The standard InChI is InChI=1S/C54H39N3S/c1-7-19-42(20-8-1)55(43-21-9-2-10-22-43)48-34-31-40(32-35-48)41-33-36-50-52(37-41)58-53-39-49(56(44-23-11-3-12-24-44)45-25-13-4-14-26-45)38-51(54(50)53)57(46-27-15-5-16-28-46)47-29-17-6-18-30-47/h1-39H. The molecule has 0 atom stereocenters. The van der Waals surface area contributed by atoms with E-state index < -0.39 is 0 Å². The first-order chi connectivity index (χ1) is 28.8. The summed E-state index contributed by atoms with van der Waals surface area (Å²) in [6.45, 7) is 0. The largest absolute Gasteiger partial charge is 0.311 e. The maximum atomic E-state index is 2.41. The lowest BCUT2D eigenvalue weighted by Crippen LogP contribution is -2.13. The fraction of sp³-hybridized carbons (Fsp3) is 0. The van der Waals surface area contributed by atoms with Crippen molar-refractivity contribution in [2.45, 2.75) is 0 Å². The van der Waals surface area contributed by atoms with Crippen LogP contribution in [0.15, 0.2) is 237 Å². The molecule has 0 radical (unpaired) electrons. The minimum Gasteiger partial charge on any atom is -0.311 e. The summed E-state index contributed by atoms with van der Waals surface area (Å²) in [4.78, 5) is 7.07. The minimum atomic E-state index is 1.10. The van der Waals surface area contributed by atoms with Gasteiger partial charge in [0.05, 0.1) is 5.69 Å². The number of rotatable bonds is 10. The summed E-state index contributed by atoms with van der Waals surface area (Å²) >= 11 is 1.86. The van der Waals surface area contributed by atoms with Crippen molar-refractivity contribution in [3.05, 3.63) is 237 Å². The van der Waals surface area contributed by atoms with Gasteiger partial charge in [0.2, 0.25) is 0 Å². The third-order valence-electron chi connectivity index (χ3n) is 10.6. The zero-order valence-electron chi connectivity index (χ0n) is 31.8. The molecule has 58 heavy (non-hydrogen) atoms. The van der Waals surface area contributed by atoms with Gasteiger partial charge in [0.25, 0.3) is 0 Å². The molecule has 0 bridgehead atoms. The Hall–Kier alpha value is -7.40. The van der Waals surface area contributed by atoms with Crippen LogP contribution in [0.25, 0.3) is 31.3 Å². The van der Waals surface area contributed by atoms with Gasteiger partial charge < -0.3 is 14.7 Å². The van der Waals surface area contributed by atoms with Crippen LogP contribution in [-0.2, 0) is 0 Å². The first-order valence-corrected chi connectivity index (χ1v) is 20.4. The molecule has 0 aliphatic heterocycles. The second-order valence-corrected chi connectivity index (χ2v) is 15.3. The Morgan fingerprint density at radius 2 is 0.621 bits per heavy atom. The molecule has 0 saturated carbocycles. The van der Waals surface area contributed by atoms with Gasteiger partial charge >= 0.3 is 0 Å². The van der Waals surface area contributed by atoms with Gasteiger partial charge in [0.1, 0.15) is 0 Å². The van der Waals surface area contributed by atoms with Crippen LogP contribution in [0, 0.1) is 0 Å². The Morgan fingerprint density at radius 1 is 0.259 bits per heavy atom. The molecule has 0 amide bonds. The number of fused-ring (bicyclic) bond motifs is 3. The van der Waals surface area contributed by atoms with Gasteiger partial charge in [0, 0.05) is 65.7 Å². The van der Waals surface area contributed by atoms with Crippen LogP contribution >= 0.6 is 11.3 Å². The Bertz CT molecular complexity index is 2800. The predicted molar refractivity (Wildman–Crippen MR) is 249 cm³/mol. The van der Waals surface area contributed by atoms with E-state index in [4.69, 9.17) is 0 Å². The number of hydrogen-bond acceptors (Lipinski definition) is 4. The maximum Gasteiger partial charge on any atom is 0.0575 e. The molecule has 10 aromatic rings. The van der Waals surface area contributed by atoms with Crippen molar-refractivity contribution < 1.29 is 0 Å². The molecule has 276 valence electrons. The van der Waals surface area contributed by atoms with E-state index in [0.717, 1.165) is 51.2 Å². The van der Waals surface area contributed by atoms with E-state index in [2.05, 4.69) is 251 Å². The molecule has 3 nitrogen and oxygen atoms in total. The Morgan fingerprint density at radius 3 is 1.05 bits per heavy atom. The molecule has 9 aromatic carbocycles. The number of nitrogens with zero attached hydrogens (tertiary/aromatic N) is 3. The van der Waals surface area contributed by atoms with Gasteiger partial charge in [-0.2, -0.15) is 0 Å². The lowest BCUT2D eigenvalue weighted by molar-refractivity contribution is 1.26. The molecule has 0 fully saturated rings. The van der Waals surface area contributed by atoms with E-state index in [1.165, 1.54) is 31.3 Å². The van der Waals surface area contributed by atoms with Crippen molar-refractivity contribution >= 4 is 82.7 Å². The first kappa shape index (κ1) is 35.0. The van der Waals surface area contributed by atoms with E-state index in [9.17, 15) is 0 Å². The Labute approximate surface area is 343 Å². The average Bonchev–Trinajstić information content (AvgIpc) is 3.67. The molecule has 1 aromatic heterocycles. The second kappa shape index (κ2) is 15.6. The van der Waals surface area contributed by atoms with E-state index in [0.29, 0.717) is 0 Å². The monoisotopic (exact) mass is 761 g/mol. The lowest BCUT2D eigenvalue weighted by Gasteiger charge is -2.30. The van der Waals surface area contributed by atoms with Gasteiger partial charge in [-0.3, -0.25) is 0 Å². The van der Waals surface area contributed by atoms with Crippen LogP contribution in [0.2, 0.25) is 0 Å². The Kier molecular flexibility index (Phi) is 9.44. The summed E-state index contributed by atoms with van der Waals surface area (Å²) in [6.07, 6.45) is 0. The van der Waals surface area contributed by atoms with Crippen molar-refractivity contribution in [3.8, 4) is 11.1 Å². The number of anilines is 9. The normalized spacial score (nSPS) is 11.1. The number of para-hydroxylation sites is 6. The van der Waals surface area contributed by atoms with Gasteiger partial charge in [-0.15, -0.1) is 11.3 Å². The molecule has 0 aliphatic carbocycles. The van der Waals surface area contributed by atoms with E-state index in [1.54, 1.807) is 0 Å². The average molecular weight is 762 g/mol. The van der Waals surface area contributed by atoms with Crippen molar-refractivity contribution in [2.75, 3.05) is 14.7 Å². The molecule has 0 aliphatic rings.